The highest BCUT2D eigenvalue weighted by atomic mass is 19.1. The molecule has 2 aliphatic heterocycles. The highest BCUT2D eigenvalue weighted by molar-refractivity contribution is 5.14. The number of rotatable bonds is 1. The van der Waals surface area contributed by atoms with Crippen LogP contribution < -0.4 is 10.3 Å². The molecule has 1 fully saturated rings. The summed E-state index contributed by atoms with van der Waals surface area (Å²) in [6, 6.07) is 0.153. The molecule has 0 saturated carbocycles. The molecule has 1 aromatic heterocycles. The summed E-state index contributed by atoms with van der Waals surface area (Å²) in [4.78, 5) is 15.2. The normalized spacial score (nSPS) is 34.3. The second-order valence-electron chi connectivity index (χ2n) is 4.42. The Kier molecular flexibility index (Phi) is 2.22. The van der Waals surface area contributed by atoms with E-state index >= 15 is 0 Å². The first-order valence-electron chi connectivity index (χ1n) is 5.67. The standard InChI is InChI=1S/C11H13FN2O3/c1-3-6-8-7(12)10(16-6)14-4-5(2)9(15)13-11(14)17-8/h4,6-8,10H,3H2,1-2H3/t6-,7?,8-,10-/m1/s1. The van der Waals surface area contributed by atoms with Crippen LogP contribution in [0.1, 0.15) is 25.1 Å². The number of aryl methyl sites for hydroxylation is 1. The lowest BCUT2D eigenvalue weighted by atomic mass is 10.1. The van der Waals surface area contributed by atoms with Gasteiger partial charge in [0.1, 0.15) is 6.10 Å². The van der Waals surface area contributed by atoms with Gasteiger partial charge in [0, 0.05) is 11.8 Å². The van der Waals surface area contributed by atoms with Crippen molar-refractivity contribution in [2.24, 2.45) is 0 Å². The van der Waals surface area contributed by atoms with E-state index in [-0.39, 0.29) is 17.7 Å². The third-order valence-corrected chi connectivity index (χ3v) is 3.27. The number of alkyl halides is 1. The van der Waals surface area contributed by atoms with E-state index in [4.69, 9.17) is 9.47 Å². The van der Waals surface area contributed by atoms with Crippen LogP contribution in [0.5, 0.6) is 6.01 Å². The van der Waals surface area contributed by atoms with Gasteiger partial charge in [-0.05, 0) is 13.3 Å². The maximum atomic E-state index is 14.0. The van der Waals surface area contributed by atoms with Crippen molar-refractivity contribution >= 4 is 0 Å². The van der Waals surface area contributed by atoms with Crippen LogP contribution >= 0.6 is 0 Å². The first kappa shape index (κ1) is 10.7. The van der Waals surface area contributed by atoms with Gasteiger partial charge in [0.25, 0.3) is 5.56 Å². The third kappa shape index (κ3) is 1.40. The van der Waals surface area contributed by atoms with E-state index in [0.717, 1.165) is 0 Å². The highest BCUT2D eigenvalue weighted by Crippen LogP contribution is 2.40. The number of nitrogens with zero attached hydrogens (tertiary/aromatic N) is 2. The number of hydrogen-bond donors (Lipinski definition) is 0. The summed E-state index contributed by atoms with van der Waals surface area (Å²) in [5, 5.41) is 0. The maximum Gasteiger partial charge on any atom is 0.302 e. The summed E-state index contributed by atoms with van der Waals surface area (Å²) in [5.41, 5.74) is 0.104. The number of ether oxygens (including phenoxy) is 2. The second-order valence-corrected chi connectivity index (χ2v) is 4.42. The lowest BCUT2D eigenvalue weighted by molar-refractivity contribution is -0.0201. The van der Waals surface area contributed by atoms with E-state index < -0.39 is 18.5 Å². The van der Waals surface area contributed by atoms with Crippen LogP contribution in [0.4, 0.5) is 4.39 Å². The van der Waals surface area contributed by atoms with E-state index in [1.807, 2.05) is 6.92 Å². The Bertz CT molecular complexity index is 516. The summed E-state index contributed by atoms with van der Waals surface area (Å²) in [7, 11) is 0. The molecule has 17 heavy (non-hydrogen) atoms. The minimum Gasteiger partial charge on any atom is -0.455 e. The smallest absolute Gasteiger partial charge is 0.302 e. The van der Waals surface area contributed by atoms with Crippen LogP contribution in [0, 0.1) is 6.92 Å². The maximum absolute atomic E-state index is 14.0. The number of halogens is 1. The summed E-state index contributed by atoms with van der Waals surface area (Å²) < 4.78 is 26.5. The molecule has 3 heterocycles. The lowest BCUT2D eigenvalue weighted by Gasteiger charge is -2.26. The van der Waals surface area contributed by atoms with E-state index in [2.05, 4.69) is 4.98 Å². The van der Waals surface area contributed by atoms with Crippen LogP contribution in [0.3, 0.4) is 0 Å². The molecule has 92 valence electrons. The van der Waals surface area contributed by atoms with Gasteiger partial charge in [0.2, 0.25) is 0 Å². The third-order valence-electron chi connectivity index (χ3n) is 3.27. The average Bonchev–Trinajstić information content (AvgIpc) is 2.52. The van der Waals surface area contributed by atoms with Gasteiger partial charge in [-0.25, -0.2) is 4.39 Å². The molecule has 1 aromatic rings. The molecule has 1 unspecified atom stereocenters. The monoisotopic (exact) mass is 240 g/mol. The highest BCUT2D eigenvalue weighted by Gasteiger charge is 2.51. The van der Waals surface area contributed by atoms with Gasteiger partial charge in [-0.3, -0.25) is 9.36 Å². The van der Waals surface area contributed by atoms with Gasteiger partial charge in [0.05, 0.1) is 0 Å². The van der Waals surface area contributed by atoms with Crippen molar-refractivity contribution in [3.63, 3.8) is 0 Å². The molecule has 2 bridgehead atoms. The van der Waals surface area contributed by atoms with E-state index in [9.17, 15) is 9.18 Å². The molecule has 3 rings (SSSR count). The Morgan fingerprint density at radius 3 is 3.06 bits per heavy atom. The van der Waals surface area contributed by atoms with Crippen molar-refractivity contribution < 1.29 is 13.9 Å². The first-order chi connectivity index (χ1) is 8.11. The summed E-state index contributed by atoms with van der Waals surface area (Å²) in [5.74, 6) is 0. The average molecular weight is 240 g/mol. The number of hydrogen-bond acceptors (Lipinski definition) is 4. The quantitative estimate of drug-likeness (QED) is 0.733. The Hall–Kier alpha value is -1.43. The van der Waals surface area contributed by atoms with Crippen LogP contribution in [-0.2, 0) is 4.74 Å². The summed E-state index contributed by atoms with van der Waals surface area (Å²) in [6.45, 7) is 3.54. The predicted octanol–water partition coefficient (Wildman–Crippen LogP) is 0.958. The Balaban J connectivity index is 2.10. The predicted molar refractivity (Wildman–Crippen MR) is 56.7 cm³/mol. The molecule has 0 spiro atoms. The Labute approximate surface area is 97.2 Å². The first-order valence-corrected chi connectivity index (χ1v) is 5.67. The molecular weight excluding hydrogens is 227 g/mol. The van der Waals surface area contributed by atoms with Crippen LogP contribution in [0.2, 0.25) is 0 Å². The van der Waals surface area contributed by atoms with Crippen LogP contribution in [0.15, 0.2) is 11.0 Å². The molecule has 4 atom stereocenters. The van der Waals surface area contributed by atoms with Crippen LogP contribution in [-0.4, -0.2) is 27.9 Å². The van der Waals surface area contributed by atoms with Crippen LogP contribution in [0.25, 0.3) is 0 Å². The topological polar surface area (TPSA) is 53.4 Å². The summed E-state index contributed by atoms with van der Waals surface area (Å²) >= 11 is 0. The van der Waals surface area contributed by atoms with Gasteiger partial charge < -0.3 is 9.47 Å². The van der Waals surface area contributed by atoms with Gasteiger partial charge in [0.15, 0.2) is 18.5 Å². The zero-order valence-electron chi connectivity index (χ0n) is 9.59. The minimum atomic E-state index is -1.21. The van der Waals surface area contributed by atoms with Crippen molar-refractivity contribution in [1.29, 1.82) is 0 Å². The summed E-state index contributed by atoms with van der Waals surface area (Å²) in [6.07, 6.45) is -0.668. The van der Waals surface area contributed by atoms with Crippen molar-refractivity contribution in [3.8, 4) is 6.01 Å². The fraction of sp³-hybridized carbons (Fsp3) is 0.636. The SMILES string of the molecule is CC[C@H]1O[C@@H]2C(F)[C@@H]1Oc1nc(=O)c(C)cn12. The zero-order valence-corrected chi connectivity index (χ0v) is 9.59. The zero-order chi connectivity index (χ0) is 12.2. The molecule has 1 saturated heterocycles. The Morgan fingerprint density at radius 1 is 1.59 bits per heavy atom. The van der Waals surface area contributed by atoms with Gasteiger partial charge in [-0.1, -0.05) is 6.92 Å². The van der Waals surface area contributed by atoms with Crippen molar-refractivity contribution in [2.75, 3.05) is 0 Å². The molecule has 0 aromatic carbocycles. The minimum absolute atomic E-state index is 0.153. The molecule has 5 nitrogen and oxygen atoms in total. The second kappa shape index (κ2) is 3.53. The Morgan fingerprint density at radius 2 is 2.35 bits per heavy atom. The van der Waals surface area contributed by atoms with E-state index in [1.54, 1.807) is 6.92 Å². The molecule has 0 N–H and O–H groups in total. The largest absolute Gasteiger partial charge is 0.455 e. The van der Waals surface area contributed by atoms with Gasteiger partial charge >= 0.3 is 6.01 Å². The molecule has 0 aliphatic carbocycles. The molecule has 6 heteroatoms. The fourth-order valence-electron chi connectivity index (χ4n) is 2.33. The lowest BCUT2D eigenvalue weighted by Crippen LogP contribution is -2.40. The van der Waals surface area contributed by atoms with Gasteiger partial charge in [-0.15, -0.1) is 0 Å². The molecule has 0 radical (unpaired) electrons. The molecule has 2 aliphatic rings. The number of aromatic nitrogens is 2. The van der Waals surface area contributed by atoms with E-state index in [1.165, 1.54) is 10.8 Å². The number of fused-ring (bicyclic) bond motifs is 4. The van der Waals surface area contributed by atoms with Crippen molar-refractivity contribution in [2.45, 2.75) is 44.9 Å². The molecular formula is C11H13FN2O3. The van der Waals surface area contributed by atoms with Crippen molar-refractivity contribution in [3.05, 3.63) is 22.1 Å². The van der Waals surface area contributed by atoms with Gasteiger partial charge in [-0.2, -0.15) is 4.98 Å². The van der Waals surface area contributed by atoms with Crippen molar-refractivity contribution in [1.82, 2.24) is 9.55 Å². The molecule has 0 amide bonds. The fourth-order valence-corrected chi connectivity index (χ4v) is 2.33. The van der Waals surface area contributed by atoms with E-state index in [0.29, 0.717) is 12.0 Å².